The van der Waals surface area contributed by atoms with E-state index in [2.05, 4.69) is 0 Å². The van der Waals surface area contributed by atoms with E-state index < -0.39 is 11.7 Å². The van der Waals surface area contributed by atoms with E-state index in [1.165, 1.54) is 6.07 Å². The molecule has 1 aliphatic rings. The third-order valence-corrected chi connectivity index (χ3v) is 5.36. The van der Waals surface area contributed by atoms with Crippen molar-refractivity contribution in [2.45, 2.75) is 11.1 Å². The molecule has 0 unspecified atom stereocenters. The first-order chi connectivity index (χ1) is 12.8. The summed E-state index contributed by atoms with van der Waals surface area (Å²) in [5, 5.41) is 9.92. The van der Waals surface area contributed by atoms with Gasteiger partial charge in [-0.2, -0.15) is 13.2 Å². The van der Waals surface area contributed by atoms with Crippen LogP contribution in [0.1, 0.15) is 5.56 Å². The Hall–Kier alpha value is -2.35. The Morgan fingerprint density at radius 1 is 1.04 bits per heavy atom. The van der Waals surface area contributed by atoms with Crippen LogP contribution in [0.5, 0.6) is 5.75 Å². The van der Waals surface area contributed by atoms with Gasteiger partial charge in [-0.25, -0.2) is 0 Å². The van der Waals surface area contributed by atoms with Crippen molar-refractivity contribution >= 4 is 23.4 Å². The molecule has 0 saturated carbocycles. The molecule has 144 valence electrons. The first-order valence-electron chi connectivity index (χ1n) is 8.45. The number of rotatable bonds is 4. The number of phenolic OH excluding ortho intramolecular Hbond substituents is 1. The normalized spacial score (nSPS) is 15.1. The van der Waals surface area contributed by atoms with E-state index in [0.29, 0.717) is 31.1 Å². The second kappa shape index (κ2) is 8.12. The zero-order valence-corrected chi connectivity index (χ0v) is 15.3. The molecule has 1 aliphatic heterocycles. The van der Waals surface area contributed by atoms with Gasteiger partial charge in [0.15, 0.2) is 0 Å². The van der Waals surface area contributed by atoms with E-state index >= 15 is 0 Å². The number of hydrogen-bond acceptors (Lipinski definition) is 4. The number of halogens is 3. The Morgan fingerprint density at radius 2 is 1.74 bits per heavy atom. The molecule has 1 N–H and O–H groups in total. The number of amides is 1. The molecule has 0 radical (unpaired) electrons. The fraction of sp³-hybridized carbons (Fsp3) is 0.316. The van der Waals surface area contributed by atoms with Gasteiger partial charge in [0, 0.05) is 31.1 Å². The smallest absolute Gasteiger partial charge is 0.416 e. The standard InChI is InChI=1S/C19H19F3N2O2S/c20-19(21,22)14-4-3-5-15(12-14)27-13-18(26)24-10-8-23(9-11-24)16-6-1-2-7-17(16)25/h1-7,12,25H,8-11,13H2. The summed E-state index contributed by atoms with van der Waals surface area (Å²) in [4.78, 5) is 16.5. The minimum Gasteiger partial charge on any atom is -0.506 e. The quantitative estimate of drug-likeness (QED) is 0.798. The van der Waals surface area contributed by atoms with E-state index in [-0.39, 0.29) is 17.4 Å². The Balaban J connectivity index is 1.52. The molecule has 0 aliphatic carbocycles. The molecule has 0 bridgehead atoms. The molecule has 0 aromatic heterocycles. The first-order valence-corrected chi connectivity index (χ1v) is 9.44. The number of phenols is 1. The van der Waals surface area contributed by atoms with Crippen molar-refractivity contribution in [1.82, 2.24) is 4.90 Å². The molecule has 27 heavy (non-hydrogen) atoms. The summed E-state index contributed by atoms with van der Waals surface area (Å²) in [6.45, 7) is 2.21. The van der Waals surface area contributed by atoms with Gasteiger partial charge in [0.1, 0.15) is 5.75 Å². The summed E-state index contributed by atoms with van der Waals surface area (Å²) < 4.78 is 38.3. The molecule has 0 atom stereocenters. The molecule has 0 spiro atoms. The Morgan fingerprint density at radius 3 is 2.41 bits per heavy atom. The molecule has 3 rings (SSSR count). The van der Waals surface area contributed by atoms with E-state index in [1.54, 1.807) is 23.1 Å². The summed E-state index contributed by atoms with van der Waals surface area (Å²) in [6, 6.07) is 12.1. The lowest BCUT2D eigenvalue weighted by molar-refractivity contribution is -0.137. The minimum absolute atomic E-state index is 0.0951. The van der Waals surface area contributed by atoms with Crippen LogP contribution in [0.25, 0.3) is 0 Å². The lowest BCUT2D eigenvalue weighted by Gasteiger charge is -2.36. The number of anilines is 1. The van der Waals surface area contributed by atoms with Crippen molar-refractivity contribution in [3.63, 3.8) is 0 Å². The van der Waals surface area contributed by atoms with Gasteiger partial charge in [0.05, 0.1) is 17.0 Å². The van der Waals surface area contributed by atoms with Gasteiger partial charge in [0.25, 0.3) is 0 Å². The van der Waals surface area contributed by atoms with Gasteiger partial charge in [-0.15, -0.1) is 11.8 Å². The number of hydrogen-bond donors (Lipinski definition) is 1. The second-order valence-corrected chi connectivity index (χ2v) is 7.22. The fourth-order valence-electron chi connectivity index (χ4n) is 2.93. The number of carbonyl (C=O) groups is 1. The third-order valence-electron chi connectivity index (χ3n) is 4.38. The number of aromatic hydroxyl groups is 1. The average molecular weight is 396 g/mol. The van der Waals surface area contributed by atoms with E-state index in [1.807, 2.05) is 17.0 Å². The first kappa shape index (κ1) is 19.4. The van der Waals surface area contributed by atoms with Gasteiger partial charge in [-0.05, 0) is 30.3 Å². The van der Waals surface area contributed by atoms with Crippen LogP contribution >= 0.6 is 11.8 Å². The molecular weight excluding hydrogens is 377 g/mol. The maximum atomic E-state index is 12.8. The fourth-order valence-corrected chi connectivity index (χ4v) is 3.78. The molecule has 4 nitrogen and oxygen atoms in total. The maximum absolute atomic E-state index is 12.8. The van der Waals surface area contributed by atoms with Crippen LogP contribution in [-0.4, -0.2) is 47.8 Å². The van der Waals surface area contributed by atoms with Gasteiger partial charge >= 0.3 is 6.18 Å². The Bertz CT molecular complexity index is 806. The lowest BCUT2D eigenvalue weighted by Crippen LogP contribution is -2.49. The van der Waals surface area contributed by atoms with Crippen molar-refractivity contribution < 1.29 is 23.1 Å². The van der Waals surface area contributed by atoms with Gasteiger partial charge in [0.2, 0.25) is 5.91 Å². The zero-order valence-electron chi connectivity index (χ0n) is 14.4. The number of alkyl halides is 3. The summed E-state index contributed by atoms with van der Waals surface area (Å²) >= 11 is 1.11. The molecule has 8 heteroatoms. The highest BCUT2D eigenvalue weighted by Gasteiger charge is 2.30. The van der Waals surface area contributed by atoms with Crippen molar-refractivity contribution in [1.29, 1.82) is 0 Å². The molecular formula is C19H19F3N2O2S. The van der Waals surface area contributed by atoms with Crippen LogP contribution in [0, 0.1) is 0 Å². The van der Waals surface area contributed by atoms with Crippen LogP contribution < -0.4 is 4.90 Å². The van der Waals surface area contributed by atoms with Crippen LogP contribution in [0.4, 0.5) is 18.9 Å². The number of benzene rings is 2. The van der Waals surface area contributed by atoms with E-state index in [9.17, 15) is 23.1 Å². The van der Waals surface area contributed by atoms with Crippen molar-refractivity contribution in [2.24, 2.45) is 0 Å². The van der Waals surface area contributed by atoms with Gasteiger partial charge in [-0.1, -0.05) is 18.2 Å². The summed E-state index contributed by atoms with van der Waals surface area (Å²) in [5.74, 6) is 0.199. The number of nitrogens with zero attached hydrogens (tertiary/aromatic N) is 2. The highest BCUT2D eigenvalue weighted by Crippen LogP contribution is 2.32. The monoisotopic (exact) mass is 396 g/mol. The topological polar surface area (TPSA) is 43.8 Å². The highest BCUT2D eigenvalue weighted by atomic mass is 32.2. The van der Waals surface area contributed by atoms with Crippen molar-refractivity contribution in [3.8, 4) is 5.75 Å². The van der Waals surface area contributed by atoms with Crippen LogP contribution in [-0.2, 0) is 11.0 Å². The largest absolute Gasteiger partial charge is 0.506 e. The second-order valence-electron chi connectivity index (χ2n) is 6.17. The summed E-state index contributed by atoms with van der Waals surface area (Å²) in [5.41, 5.74) is 0.0270. The Labute approximate surface area is 159 Å². The van der Waals surface area contributed by atoms with E-state index in [0.717, 1.165) is 29.6 Å². The third kappa shape index (κ3) is 4.88. The van der Waals surface area contributed by atoms with Crippen molar-refractivity contribution in [3.05, 3.63) is 54.1 Å². The van der Waals surface area contributed by atoms with Crippen LogP contribution in [0.15, 0.2) is 53.4 Å². The predicted molar refractivity (Wildman–Crippen MR) is 99.1 cm³/mol. The number of piperazine rings is 1. The van der Waals surface area contributed by atoms with Gasteiger partial charge in [-0.3, -0.25) is 4.79 Å². The average Bonchev–Trinajstić information content (AvgIpc) is 2.66. The van der Waals surface area contributed by atoms with E-state index in [4.69, 9.17) is 0 Å². The van der Waals surface area contributed by atoms with Crippen LogP contribution in [0.2, 0.25) is 0 Å². The van der Waals surface area contributed by atoms with Gasteiger partial charge < -0.3 is 14.9 Å². The minimum atomic E-state index is -4.39. The number of thioether (sulfide) groups is 1. The summed E-state index contributed by atoms with van der Waals surface area (Å²) in [6.07, 6.45) is -4.39. The highest BCUT2D eigenvalue weighted by molar-refractivity contribution is 8.00. The molecule has 1 fully saturated rings. The number of carbonyl (C=O) groups excluding carboxylic acids is 1. The van der Waals surface area contributed by atoms with Crippen molar-refractivity contribution in [2.75, 3.05) is 36.8 Å². The molecule has 1 amide bonds. The molecule has 1 heterocycles. The molecule has 1 saturated heterocycles. The molecule has 2 aromatic rings. The zero-order chi connectivity index (χ0) is 19.4. The Kier molecular flexibility index (Phi) is 5.84. The molecule has 2 aromatic carbocycles. The SMILES string of the molecule is O=C(CSc1cccc(C(F)(F)F)c1)N1CCN(c2ccccc2O)CC1. The summed E-state index contributed by atoms with van der Waals surface area (Å²) in [7, 11) is 0. The lowest BCUT2D eigenvalue weighted by atomic mass is 10.2. The maximum Gasteiger partial charge on any atom is 0.416 e. The van der Waals surface area contributed by atoms with Crippen LogP contribution in [0.3, 0.4) is 0 Å². The predicted octanol–water partition coefficient (Wildman–Crippen LogP) is 3.85. The number of para-hydroxylation sites is 2.